The van der Waals surface area contributed by atoms with Crippen molar-refractivity contribution in [1.82, 2.24) is 0 Å². The van der Waals surface area contributed by atoms with Crippen LogP contribution in [0.4, 0.5) is 0 Å². The minimum atomic E-state index is 0. The molecule has 0 amide bonds. The first-order valence-electron chi connectivity index (χ1n) is 9.25. The van der Waals surface area contributed by atoms with Gasteiger partial charge in [0.05, 0.1) is 5.25 Å². The first kappa shape index (κ1) is 24.4. The monoisotopic (exact) mass is 514 g/mol. The van der Waals surface area contributed by atoms with E-state index in [1.165, 1.54) is 37.3 Å². The Kier molecular flexibility index (Phi) is 8.34. The molecule has 0 radical (unpaired) electrons. The molecule has 2 aromatic rings. The summed E-state index contributed by atoms with van der Waals surface area (Å²) in [5.41, 5.74) is 5.97. The molecule has 5 rings (SSSR count). The van der Waals surface area contributed by atoms with E-state index < -0.39 is 0 Å². The summed E-state index contributed by atoms with van der Waals surface area (Å²) >= 11 is 0. The molecule has 0 nitrogen and oxygen atoms in total. The van der Waals surface area contributed by atoms with Gasteiger partial charge in [-0.05, 0) is 70.3 Å². The number of benzene rings is 2. The van der Waals surface area contributed by atoms with E-state index in [-0.39, 0.29) is 61.5 Å². The van der Waals surface area contributed by atoms with Crippen molar-refractivity contribution in [3.05, 3.63) is 106 Å². The van der Waals surface area contributed by atoms with Gasteiger partial charge in [-0.3, -0.25) is 0 Å². The zero-order valence-corrected chi connectivity index (χ0v) is 21.2. The minimum Gasteiger partial charge on any atom is -1.00 e. The molecular formula is C25H22Cl2SZr. The molecule has 2 unspecified atom stereocenters. The minimum absolute atomic E-state index is 0. The summed E-state index contributed by atoms with van der Waals surface area (Å²) in [6, 6.07) is 15.8. The van der Waals surface area contributed by atoms with Crippen molar-refractivity contribution < 1.29 is 51.0 Å². The van der Waals surface area contributed by atoms with E-state index >= 15 is 0 Å². The van der Waals surface area contributed by atoms with Crippen LogP contribution in [-0.4, -0.2) is 4.86 Å². The maximum Gasteiger partial charge on any atom is 2.00 e. The van der Waals surface area contributed by atoms with Gasteiger partial charge < -0.3 is 24.8 Å². The average Bonchev–Trinajstić information content (AvgIpc) is 3.37. The molecule has 4 heteroatoms. The summed E-state index contributed by atoms with van der Waals surface area (Å²) in [4.78, 5) is 3.06. The van der Waals surface area contributed by atoms with E-state index in [4.69, 9.17) is 0 Å². The Morgan fingerprint density at radius 3 is 2.38 bits per heavy atom. The van der Waals surface area contributed by atoms with E-state index in [1.54, 1.807) is 5.57 Å². The second kappa shape index (κ2) is 9.93. The van der Waals surface area contributed by atoms with Gasteiger partial charge >= 0.3 is 26.2 Å². The van der Waals surface area contributed by atoms with Crippen LogP contribution in [0.5, 0.6) is 0 Å². The Labute approximate surface area is 207 Å². The van der Waals surface area contributed by atoms with E-state index in [2.05, 4.69) is 92.8 Å². The Morgan fingerprint density at radius 2 is 1.69 bits per heavy atom. The molecule has 29 heavy (non-hydrogen) atoms. The number of halogens is 2. The van der Waals surface area contributed by atoms with Crippen LogP contribution in [0.2, 0.25) is 0 Å². The third-order valence-corrected chi connectivity index (χ3v) is 8.12. The van der Waals surface area contributed by atoms with E-state index in [9.17, 15) is 0 Å². The molecular weight excluding hydrogens is 494 g/mol. The van der Waals surface area contributed by atoms with E-state index in [0.29, 0.717) is 5.25 Å². The topological polar surface area (TPSA) is 0 Å². The van der Waals surface area contributed by atoms with Crippen LogP contribution in [0.3, 0.4) is 0 Å². The molecule has 0 fully saturated rings. The Bertz CT molecular complexity index is 1130. The van der Waals surface area contributed by atoms with Crippen LogP contribution in [-0.2, 0) is 26.2 Å². The maximum absolute atomic E-state index is 2.41. The number of hydrogen-bond acceptors (Lipinski definition) is 0. The van der Waals surface area contributed by atoms with Crippen molar-refractivity contribution >= 4 is 26.1 Å². The fourth-order valence-corrected chi connectivity index (χ4v) is 7.06. The molecule has 0 saturated heterocycles. The third kappa shape index (κ3) is 4.15. The quantitative estimate of drug-likeness (QED) is 0.523. The molecule has 0 saturated carbocycles. The van der Waals surface area contributed by atoms with Crippen molar-refractivity contribution in [1.29, 1.82) is 0 Å². The van der Waals surface area contributed by atoms with E-state index in [1.807, 2.05) is 0 Å². The second-order valence-corrected chi connectivity index (χ2v) is 9.68. The first-order valence-corrected chi connectivity index (χ1v) is 10.5. The van der Waals surface area contributed by atoms with Gasteiger partial charge in [-0.15, -0.1) is 10.5 Å². The van der Waals surface area contributed by atoms with Crippen molar-refractivity contribution in [3.63, 3.8) is 0 Å². The molecule has 0 bridgehead atoms. The molecule has 1 heterocycles. The largest absolute Gasteiger partial charge is 2.00 e. The van der Waals surface area contributed by atoms with Crippen LogP contribution in [0, 0.1) is 0 Å². The number of allylic oxidation sites excluding steroid dienone is 8. The fraction of sp³-hybridized carbons (Fsp3) is 0.160. The van der Waals surface area contributed by atoms with Gasteiger partial charge in [0, 0.05) is 4.91 Å². The molecule has 2 aromatic carbocycles. The smallest absolute Gasteiger partial charge is 1.00 e. The van der Waals surface area contributed by atoms with Crippen LogP contribution < -0.4 is 24.8 Å². The molecule has 3 aliphatic rings. The van der Waals surface area contributed by atoms with Crippen LogP contribution in [0.15, 0.2) is 101 Å². The van der Waals surface area contributed by atoms with Crippen molar-refractivity contribution in [2.24, 2.45) is 0 Å². The predicted molar refractivity (Wildman–Crippen MR) is 117 cm³/mol. The third-order valence-electron chi connectivity index (χ3n) is 5.43. The zero-order valence-electron chi connectivity index (χ0n) is 16.5. The SMILES string of the molecule is CC(C)=S1C2=CC=CC2=C(C2=CC=CC2)C1c1ccc2ccccc2c1.[Cl-].[Cl-].[Zr+2]. The molecule has 0 aromatic heterocycles. The number of hydrogen-bond donors (Lipinski definition) is 0. The van der Waals surface area contributed by atoms with Gasteiger partial charge in [0.2, 0.25) is 0 Å². The molecule has 2 aliphatic carbocycles. The van der Waals surface area contributed by atoms with Gasteiger partial charge in [0.25, 0.3) is 0 Å². The Morgan fingerprint density at radius 1 is 0.931 bits per heavy atom. The summed E-state index contributed by atoms with van der Waals surface area (Å²) in [6.45, 7) is 4.61. The molecule has 2 atom stereocenters. The zero-order chi connectivity index (χ0) is 17.7. The standard InChI is InChI=1S/C25H22S.2ClH.Zr/c1-17(2)26-23-13-7-12-22(23)24(19-9-4-5-10-19)25(26)21-15-14-18-8-3-6-11-20(18)16-21;;;/h3-9,11-16,25H,10H2,1-2H3;2*1H;/q;;;+2/p-2. The molecule has 1 aliphatic heterocycles. The first-order chi connectivity index (χ1) is 12.7. The summed E-state index contributed by atoms with van der Waals surface area (Å²) in [6.07, 6.45) is 14.8. The molecule has 146 valence electrons. The van der Waals surface area contributed by atoms with Gasteiger partial charge in [0.1, 0.15) is 0 Å². The van der Waals surface area contributed by atoms with Crippen molar-refractivity contribution in [3.8, 4) is 0 Å². The summed E-state index contributed by atoms with van der Waals surface area (Å²) < 4.78 is 0. The predicted octanol–water partition coefficient (Wildman–Crippen LogP) is 1.02. The fourth-order valence-electron chi connectivity index (χ4n) is 4.32. The van der Waals surface area contributed by atoms with Gasteiger partial charge in [0.15, 0.2) is 0 Å². The second-order valence-electron chi connectivity index (χ2n) is 7.27. The Balaban J connectivity index is 0.000001000. The van der Waals surface area contributed by atoms with Gasteiger partial charge in [-0.2, -0.15) is 0 Å². The van der Waals surface area contributed by atoms with Crippen molar-refractivity contribution in [2.75, 3.05) is 0 Å². The Hall–Kier alpha value is -0.917. The summed E-state index contributed by atoms with van der Waals surface area (Å²) in [5.74, 6) is 0. The number of fused-ring (bicyclic) bond motifs is 2. The van der Waals surface area contributed by atoms with Crippen molar-refractivity contribution in [2.45, 2.75) is 25.5 Å². The number of rotatable bonds is 2. The molecule has 0 N–H and O–H groups in total. The van der Waals surface area contributed by atoms with E-state index in [0.717, 1.165) is 6.42 Å². The normalized spacial score (nSPS) is 21.2. The van der Waals surface area contributed by atoms with Crippen LogP contribution in [0.1, 0.15) is 31.1 Å². The molecule has 0 spiro atoms. The van der Waals surface area contributed by atoms with Crippen LogP contribution >= 0.6 is 10.5 Å². The van der Waals surface area contributed by atoms with Gasteiger partial charge in [-0.1, -0.05) is 66.8 Å². The van der Waals surface area contributed by atoms with Gasteiger partial charge in [-0.25, -0.2) is 0 Å². The summed E-state index contributed by atoms with van der Waals surface area (Å²) in [5, 5.41) is 3.11. The van der Waals surface area contributed by atoms with Crippen LogP contribution in [0.25, 0.3) is 10.8 Å². The average molecular weight is 517 g/mol. The maximum atomic E-state index is 2.41. The summed E-state index contributed by atoms with van der Waals surface area (Å²) in [7, 11) is 0.130.